The summed E-state index contributed by atoms with van der Waals surface area (Å²) in [6.45, 7) is 4.87. The lowest BCUT2D eigenvalue weighted by molar-refractivity contribution is 0.0159. The molecule has 6 nitrogen and oxygen atoms in total. The van der Waals surface area contributed by atoms with E-state index >= 15 is 0 Å². The highest BCUT2D eigenvalue weighted by atomic mass is 32.1. The van der Waals surface area contributed by atoms with Crippen molar-refractivity contribution in [3.8, 4) is 11.8 Å². The molecule has 2 atom stereocenters. The van der Waals surface area contributed by atoms with Gasteiger partial charge in [-0.1, -0.05) is 18.2 Å². The Morgan fingerprint density at radius 3 is 2.68 bits per heavy atom. The van der Waals surface area contributed by atoms with Gasteiger partial charge in [-0.05, 0) is 29.1 Å². The van der Waals surface area contributed by atoms with Crippen molar-refractivity contribution in [2.45, 2.75) is 18.6 Å². The fraction of sp³-hybridized carbons (Fsp3) is 0.476. The van der Waals surface area contributed by atoms with Crippen LogP contribution in [0.25, 0.3) is 0 Å². The molecule has 1 aromatic carbocycles. The van der Waals surface area contributed by atoms with Crippen LogP contribution in [0.3, 0.4) is 0 Å². The van der Waals surface area contributed by atoms with Gasteiger partial charge in [0.15, 0.2) is 0 Å². The maximum Gasteiger partial charge on any atom is 0.119 e. The molecule has 2 heterocycles. The Hall–Kier alpha value is -1.95. The monoisotopic (exact) mass is 401 g/mol. The van der Waals surface area contributed by atoms with Crippen LogP contribution >= 0.6 is 11.3 Å². The van der Waals surface area contributed by atoms with Crippen molar-refractivity contribution >= 4 is 11.3 Å². The molecule has 0 spiro atoms. The molecule has 3 rings (SSSR count). The summed E-state index contributed by atoms with van der Waals surface area (Å²) in [6.07, 6.45) is -0.200. The number of hydrogen-bond acceptors (Lipinski definition) is 7. The second kappa shape index (κ2) is 11.1. The fourth-order valence-corrected chi connectivity index (χ4v) is 4.07. The molecule has 1 aromatic heterocycles. The molecule has 1 aliphatic rings. The number of ether oxygens (including phenoxy) is 2. The van der Waals surface area contributed by atoms with Crippen LogP contribution in [-0.2, 0) is 11.2 Å². The van der Waals surface area contributed by atoms with E-state index in [1.54, 1.807) is 11.3 Å². The number of nitriles is 1. The van der Waals surface area contributed by atoms with Gasteiger partial charge in [0, 0.05) is 31.1 Å². The number of nitrogens with zero attached hydrogens (tertiary/aromatic N) is 2. The lowest BCUT2D eigenvalue weighted by Gasteiger charge is -2.34. The minimum Gasteiger partial charge on any atom is -0.491 e. The van der Waals surface area contributed by atoms with Gasteiger partial charge in [-0.2, -0.15) is 5.26 Å². The first-order valence-corrected chi connectivity index (χ1v) is 10.5. The third kappa shape index (κ3) is 6.30. The minimum absolute atomic E-state index is 0.228. The molecule has 28 heavy (non-hydrogen) atoms. The van der Waals surface area contributed by atoms with Crippen LogP contribution < -0.4 is 10.1 Å². The smallest absolute Gasteiger partial charge is 0.119 e. The molecule has 0 saturated carbocycles. The molecule has 0 aliphatic carbocycles. The van der Waals surface area contributed by atoms with Crippen LogP contribution in [0.4, 0.5) is 0 Å². The van der Waals surface area contributed by atoms with E-state index < -0.39 is 6.10 Å². The Morgan fingerprint density at radius 1 is 1.21 bits per heavy atom. The van der Waals surface area contributed by atoms with E-state index in [1.807, 2.05) is 24.3 Å². The average Bonchev–Trinajstić information content (AvgIpc) is 3.26. The number of morpholine rings is 1. The Bertz CT molecular complexity index is 724. The Balaban J connectivity index is 1.42. The molecular formula is C21H27N3O3S. The minimum atomic E-state index is -0.590. The summed E-state index contributed by atoms with van der Waals surface area (Å²) in [4.78, 5) is 3.77. The summed E-state index contributed by atoms with van der Waals surface area (Å²) >= 11 is 1.77. The van der Waals surface area contributed by atoms with Gasteiger partial charge in [-0.25, -0.2) is 0 Å². The van der Waals surface area contributed by atoms with Gasteiger partial charge < -0.3 is 19.9 Å². The zero-order valence-corrected chi connectivity index (χ0v) is 16.7. The van der Waals surface area contributed by atoms with E-state index in [2.05, 4.69) is 33.8 Å². The molecule has 150 valence electrons. The van der Waals surface area contributed by atoms with Crippen LogP contribution in [0, 0.1) is 11.3 Å². The van der Waals surface area contributed by atoms with Crippen LogP contribution in [0.1, 0.15) is 16.5 Å². The van der Waals surface area contributed by atoms with Crippen molar-refractivity contribution in [1.82, 2.24) is 10.2 Å². The Kier molecular flexibility index (Phi) is 8.27. The predicted molar refractivity (Wildman–Crippen MR) is 110 cm³/mol. The molecule has 1 fully saturated rings. The number of nitrogens with one attached hydrogen (secondary N) is 1. The van der Waals surface area contributed by atoms with Gasteiger partial charge in [0.05, 0.1) is 31.7 Å². The fourth-order valence-electron chi connectivity index (χ4n) is 3.21. The number of thiophene rings is 1. The van der Waals surface area contributed by atoms with Gasteiger partial charge in [0.1, 0.15) is 18.5 Å². The SMILES string of the molecule is N#CCc1ccc(OC[C@H](O)CNC[C@H](c2cccs2)N2CCOCC2)cc1. The number of aliphatic hydroxyl groups excluding tert-OH is 1. The predicted octanol–water partition coefficient (Wildman–Crippen LogP) is 2.22. The van der Waals surface area contributed by atoms with Crippen LogP contribution in [0.5, 0.6) is 5.75 Å². The first-order chi connectivity index (χ1) is 13.8. The second-order valence-corrected chi connectivity index (χ2v) is 7.76. The number of aliphatic hydroxyl groups is 1. The zero-order valence-electron chi connectivity index (χ0n) is 15.9. The number of hydrogen-bond donors (Lipinski definition) is 2. The van der Waals surface area contributed by atoms with Crippen molar-refractivity contribution < 1.29 is 14.6 Å². The van der Waals surface area contributed by atoms with E-state index in [0.717, 1.165) is 38.4 Å². The third-order valence-electron chi connectivity index (χ3n) is 4.72. The summed E-state index contributed by atoms with van der Waals surface area (Å²) < 4.78 is 11.1. The van der Waals surface area contributed by atoms with Gasteiger partial charge in [0.25, 0.3) is 0 Å². The summed E-state index contributed by atoms with van der Waals surface area (Å²) in [7, 11) is 0. The molecule has 2 aromatic rings. The summed E-state index contributed by atoms with van der Waals surface area (Å²) in [5.74, 6) is 0.700. The van der Waals surface area contributed by atoms with Gasteiger partial charge in [-0.3, -0.25) is 4.90 Å². The quantitative estimate of drug-likeness (QED) is 0.636. The Morgan fingerprint density at radius 2 is 2.00 bits per heavy atom. The van der Waals surface area contributed by atoms with E-state index in [1.165, 1.54) is 4.88 Å². The largest absolute Gasteiger partial charge is 0.491 e. The molecule has 0 unspecified atom stereocenters. The summed E-state index contributed by atoms with van der Waals surface area (Å²) in [5.41, 5.74) is 0.958. The second-order valence-electron chi connectivity index (χ2n) is 6.78. The highest BCUT2D eigenvalue weighted by Crippen LogP contribution is 2.25. The van der Waals surface area contributed by atoms with Crippen molar-refractivity contribution in [3.63, 3.8) is 0 Å². The van der Waals surface area contributed by atoms with Crippen LogP contribution in [0.15, 0.2) is 41.8 Å². The molecule has 2 N–H and O–H groups in total. The molecule has 0 bridgehead atoms. The van der Waals surface area contributed by atoms with Gasteiger partial charge in [-0.15, -0.1) is 11.3 Å². The molecule has 0 radical (unpaired) electrons. The zero-order chi connectivity index (χ0) is 19.6. The van der Waals surface area contributed by atoms with Crippen molar-refractivity contribution in [2.75, 3.05) is 46.0 Å². The van der Waals surface area contributed by atoms with Crippen molar-refractivity contribution in [3.05, 3.63) is 52.2 Å². The van der Waals surface area contributed by atoms with Crippen LogP contribution in [0.2, 0.25) is 0 Å². The van der Waals surface area contributed by atoms with Crippen molar-refractivity contribution in [1.29, 1.82) is 5.26 Å². The third-order valence-corrected chi connectivity index (χ3v) is 5.70. The maximum atomic E-state index is 10.2. The lowest BCUT2D eigenvalue weighted by atomic mass is 10.1. The van der Waals surface area contributed by atoms with Crippen molar-refractivity contribution in [2.24, 2.45) is 0 Å². The first-order valence-electron chi connectivity index (χ1n) is 9.59. The molecular weight excluding hydrogens is 374 g/mol. The van der Waals surface area contributed by atoms with E-state index in [0.29, 0.717) is 24.8 Å². The van der Waals surface area contributed by atoms with Gasteiger partial charge in [0.2, 0.25) is 0 Å². The first kappa shape index (κ1) is 20.8. The molecule has 7 heteroatoms. The topological polar surface area (TPSA) is 77.8 Å². The van der Waals surface area contributed by atoms with E-state index in [4.69, 9.17) is 14.7 Å². The molecule has 1 saturated heterocycles. The highest BCUT2D eigenvalue weighted by molar-refractivity contribution is 7.10. The average molecular weight is 402 g/mol. The summed E-state index contributed by atoms with van der Waals surface area (Å²) in [5, 5.41) is 24.4. The Labute approximate surface area is 170 Å². The number of rotatable bonds is 10. The van der Waals surface area contributed by atoms with Crippen LogP contribution in [-0.4, -0.2) is 62.1 Å². The standard InChI is InChI=1S/C21H27N3O3S/c22-8-7-17-3-5-19(6-4-17)27-16-18(25)14-23-15-20(21-2-1-13-28-21)24-9-11-26-12-10-24/h1-6,13,18,20,23,25H,7,9-12,14-16H2/t18-,20-/m1/s1. The number of benzene rings is 1. The molecule has 1 aliphatic heterocycles. The van der Waals surface area contributed by atoms with E-state index in [-0.39, 0.29) is 6.61 Å². The van der Waals surface area contributed by atoms with Gasteiger partial charge >= 0.3 is 0 Å². The lowest BCUT2D eigenvalue weighted by Crippen LogP contribution is -2.44. The molecule has 0 amide bonds. The normalized spacial score (nSPS) is 17.0. The van der Waals surface area contributed by atoms with E-state index in [9.17, 15) is 5.11 Å². The highest BCUT2D eigenvalue weighted by Gasteiger charge is 2.23. The summed E-state index contributed by atoms with van der Waals surface area (Å²) in [6, 6.07) is 14.1. The maximum absolute atomic E-state index is 10.2.